The largest absolute Gasteiger partial charge is 0.483 e. The number of carbonyl (C=O) groups excluding carboxylic acids is 1. The maximum absolute atomic E-state index is 12.4. The van der Waals surface area contributed by atoms with Crippen LogP contribution in [0.3, 0.4) is 0 Å². The molecule has 5 rings (SSSR count). The van der Waals surface area contributed by atoms with Gasteiger partial charge in [-0.3, -0.25) is 4.79 Å². The van der Waals surface area contributed by atoms with Crippen molar-refractivity contribution in [2.45, 2.75) is 25.8 Å². The summed E-state index contributed by atoms with van der Waals surface area (Å²) in [6, 6.07) is 21.7. The zero-order valence-electron chi connectivity index (χ0n) is 16.7. The number of nitrogens with zero attached hydrogens (tertiary/aromatic N) is 2. The van der Waals surface area contributed by atoms with Crippen LogP contribution in [-0.2, 0) is 17.8 Å². The molecule has 0 radical (unpaired) electrons. The molecule has 3 aromatic carbocycles. The lowest BCUT2D eigenvalue weighted by Gasteiger charge is -2.16. The minimum atomic E-state index is -0.186. The van der Waals surface area contributed by atoms with Crippen molar-refractivity contribution >= 4 is 22.4 Å². The van der Waals surface area contributed by atoms with Crippen LogP contribution in [0.2, 0.25) is 0 Å². The summed E-state index contributed by atoms with van der Waals surface area (Å²) in [7, 11) is 0. The zero-order valence-corrected chi connectivity index (χ0v) is 16.7. The number of aromatic nitrogens is 2. The Morgan fingerprint density at radius 2 is 1.83 bits per heavy atom. The molecule has 4 aromatic rings. The van der Waals surface area contributed by atoms with Gasteiger partial charge in [-0.05, 0) is 55.0 Å². The van der Waals surface area contributed by atoms with Crippen LogP contribution in [0, 0.1) is 0 Å². The van der Waals surface area contributed by atoms with Gasteiger partial charge in [-0.1, -0.05) is 36.4 Å². The second-order valence-electron chi connectivity index (χ2n) is 7.57. The average Bonchev–Trinajstić information content (AvgIpc) is 3.22. The van der Waals surface area contributed by atoms with Crippen molar-refractivity contribution in [3.05, 3.63) is 78.6 Å². The van der Waals surface area contributed by atoms with Gasteiger partial charge in [0.15, 0.2) is 6.61 Å². The molecule has 30 heavy (non-hydrogen) atoms. The quantitative estimate of drug-likeness (QED) is 0.512. The number of ether oxygens (including phenoxy) is 1. The number of hydrogen-bond acceptors (Lipinski definition) is 3. The van der Waals surface area contributed by atoms with Gasteiger partial charge in [0, 0.05) is 35.1 Å². The summed E-state index contributed by atoms with van der Waals surface area (Å²) >= 11 is 0. The molecule has 0 saturated carbocycles. The number of fused-ring (bicyclic) bond motifs is 2. The van der Waals surface area contributed by atoms with Crippen LogP contribution < -0.4 is 10.1 Å². The molecule has 0 saturated heterocycles. The second-order valence-corrected chi connectivity index (χ2v) is 7.57. The first-order valence-electron chi connectivity index (χ1n) is 10.3. The average molecular weight is 397 g/mol. The predicted octanol–water partition coefficient (Wildman–Crippen LogP) is 5.06. The molecule has 1 aliphatic rings. The van der Waals surface area contributed by atoms with E-state index in [4.69, 9.17) is 4.74 Å². The molecule has 0 aliphatic carbocycles. The van der Waals surface area contributed by atoms with Crippen LogP contribution in [0.1, 0.15) is 18.5 Å². The summed E-state index contributed by atoms with van der Waals surface area (Å²) in [4.78, 5) is 17.0. The van der Waals surface area contributed by atoms with Gasteiger partial charge in [0.2, 0.25) is 0 Å². The fourth-order valence-electron chi connectivity index (χ4n) is 4.03. The zero-order chi connectivity index (χ0) is 20.3. The van der Waals surface area contributed by atoms with E-state index >= 15 is 0 Å². The summed E-state index contributed by atoms with van der Waals surface area (Å²) in [5, 5.41) is 4.99. The lowest BCUT2D eigenvalue weighted by Crippen LogP contribution is -2.20. The van der Waals surface area contributed by atoms with Gasteiger partial charge >= 0.3 is 0 Å². The van der Waals surface area contributed by atoms with Crippen LogP contribution >= 0.6 is 0 Å². The van der Waals surface area contributed by atoms with E-state index < -0.39 is 0 Å². The lowest BCUT2D eigenvalue weighted by atomic mass is 10.1. The fourth-order valence-corrected chi connectivity index (χ4v) is 4.03. The van der Waals surface area contributed by atoms with Gasteiger partial charge in [0.05, 0.1) is 0 Å². The summed E-state index contributed by atoms with van der Waals surface area (Å²) in [6.45, 7) is 0.984. The molecule has 1 N–H and O–H groups in total. The van der Waals surface area contributed by atoms with Gasteiger partial charge in [0.1, 0.15) is 11.6 Å². The molecule has 5 nitrogen and oxygen atoms in total. The molecular weight excluding hydrogens is 374 g/mol. The Morgan fingerprint density at radius 3 is 2.73 bits per heavy atom. The highest BCUT2D eigenvalue weighted by atomic mass is 16.5. The first-order chi connectivity index (χ1) is 14.8. The second kappa shape index (κ2) is 8.03. The van der Waals surface area contributed by atoms with Gasteiger partial charge in [-0.2, -0.15) is 0 Å². The van der Waals surface area contributed by atoms with E-state index in [2.05, 4.69) is 14.9 Å². The van der Waals surface area contributed by atoms with Crippen molar-refractivity contribution in [1.82, 2.24) is 9.55 Å². The van der Waals surface area contributed by atoms with Crippen molar-refractivity contribution in [3.8, 4) is 17.1 Å². The third-order valence-electron chi connectivity index (χ3n) is 5.54. The molecule has 0 unspecified atom stereocenters. The van der Waals surface area contributed by atoms with Crippen LogP contribution in [-0.4, -0.2) is 22.1 Å². The van der Waals surface area contributed by atoms with Gasteiger partial charge in [-0.15, -0.1) is 0 Å². The minimum absolute atomic E-state index is 0.0382. The first kappa shape index (κ1) is 18.4. The van der Waals surface area contributed by atoms with E-state index in [1.165, 1.54) is 18.5 Å². The van der Waals surface area contributed by atoms with E-state index in [1.807, 2.05) is 72.9 Å². The molecule has 1 aliphatic heterocycles. The van der Waals surface area contributed by atoms with Crippen LogP contribution in [0.5, 0.6) is 5.75 Å². The number of benzene rings is 3. The molecule has 2 heterocycles. The molecule has 150 valence electrons. The number of hydrogen-bond donors (Lipinski definition) is 1. The predicted molar refractivity (Wildman–Crippen MR) is 119 cm³/mol. The molecular formula is C25H23N3O2. The number of rotatable bonds is 5. The van der Waals surface area contributed by atoms with E-state index in [1.54, 1.807) is 0 Å². The monoisotopic (exact) mass is 397 g/mol. The van der Waals surface area contributed by atoms with Crippen molar-refractivity contribution in [2.75, 3.05) is 11.9 Å². The summed E-state index contributed by atoms with van der Waals surface area (Å²) in [6.07, 6.45) is 5.50. The SMILES string of the molecule is O=C(COc1cccc2ccccc12)Nc1ccc(-c2ncc3n2CCCC3)cc1. The molecule has 0 spiro atoms. The number of imidazole rings is 1. The Morgan fingerprint density at radius 1 is 1.00 bits per heavy atom. The summed E-state index contributed by atoms with van der Waals surface area (Å²) < 4.78 is 8.07. The smallest absolute Gasteiger partial charge is 0.262 e. The molecule has 0 bridgehead atoms. The maximum atomic E-state index is 12.4. The Bertz CT molecular complexity index is 1190. The van der Waals surface area contributed by atoms with E-state index in [0.29, 0.717) is 5.75 Å². The molecule has 0 fully saturated rings. The molecule has 1 amide bonds. The lowest BCUT2D eigenvalue weighted by molar-refractivity contribution is -0.118. The molecule has 5 heteroatoms. The number of amides is 1. The Labute approximate surface area is 175 Å². The Balaban J connectivity index is 1.24. The standard InChI is InChI=1S/C25H23N3O2/c29-24(17-30-23-10-5-7-18-6-1-2-9-22(18)23)27-20-13-11-19(12-14-20)25-26-16-21-8-3-4-15-28(21)25/h1-2,5-7,9-14,16H,3-4,8,15,17H2,(H,27,29). The number of carbonyl (C=O) groups is 1. The van der Waals surface area contributed by atoms with Gasteiger partial charge < -0.3 is 14.6 Å². The van der Waals surface area contributed by atoms with Gasteiger partial charge in [0.25, 0.3) is 5.91 Å². The highest BCUT2D eigenvalue weighted by molar-refractivity contribution is 5.93. The highest BCUT2D eigenvalue weighted by Gasteiger charge is 2.15. The van der Waals surface area contributed by atoms with E-state index in [-0.39, 0.29) is 12.5 Å². The third kappa shape index (κ3) is 3.66. The first-order valence-corrected chi connectivity index (χ1v) is 10.3. The molecule has 1 aromatic heterocycles. The van der Waals surface area contributed by atoms with E-state index in [9.17, 15) is 4.79 Å². The van der Waals surface area contributed by atoms with Crippen LogP contribution in [0.25, 0.3) is 22.2 Å². The Kier molecular flexibility index (Phi) is 4.93. The molecule has 0 atom stereocenters. The fraction of sp³-hybridized carbons (Fsp3) is 0.200. The topological polar surface area (TPSA) is 56.1 Å². The van der Waals surface area contributed by atoms with Crippen LogP contribution in [0.4, 0.5) is 5.69 Å². The van der Waals surface area contributed by atoms with Crippen molar-refractivity contribution in [3.63, 3.8) is 0 Å². The van der Waals surface area contributed by atoms with Crippen molar-refractivity contribution in [2.24, 2.45) is 0 Å². The highest BCUT2D eigenvalue weighted by Crippen LogP contribution is 2.26. The van der Waals surface area contributed by atoms with Crippen molar-refractivity contribution in [1.29, 1.82) is 0 Å². The number of nitrogens with one attached hydrogen (secondary N) is 1. The van der Waals surface area contributed by atoms with E-state index in [0.717, 1.165) is 40.8 Å². The third-order valence-corrected chi connectivity index (χ3v) is 5.54. The van der Waals surface area contributed by atoms with Crippen LogP contribution in [0.15, 0.2) is 72.9 Å². The minimum Gasteiger partial charge on any atom is -0.483 e. The normalized spacial score (nSPS) is 13.1. The van der Waals surface area contributed by atoms with Crippen molar-refractivity contribution < 1.29 is 9.53 Å². The summed E-state index contributed by atoms with van der Waals surface area (Å²) in [5.74, 6) is 1.53. The number of aryl methyl sites for hydroxylation is 1. The summed E-state index contributed by atoms with van der Waals surface area (Å²) in [5.41, 5.74) is 3.11. The number of anilines is 1. The van der Waals surface area contributed by atoms with Gasteiger partial charge in [-0.25, -0.2) is 4.98 Å². The maximum Gasteiger partial charge on any atom is 0.262 e. The Hall–Kier alpha value is -3.60.